The zero-order valence-corrected chi connectivity index (χ0v) is 12.2. The normalized spacial score (nSPS) is 14.1. The SMILES string of the molecule is CC(C)c1c(CCON)cc(Br)c2c1OCCO2. The van der Waals surface area contributed by atoms with Crippen LogP contribution in [0.1, 0.15) is 30.9 Å². The Morgan fingerprint density at radius 2 is 2.00 bits per heavy atom. The minimum absolute atomic E-state index is 0.362. The van der Waals surface area contributed by atoms with Crippen molar-refractivity contribution in [3.8, 4) is 11.5 Å². The van der Waals surface area contributed by atoms with Gasteiger partial charge in [-0.15, -0.1) is 0 Å². The fraction of sp³-hybridized carbons (Fsp3) is 0.538. The Hall–Kier alpha value is -0.780. The average molecular weight is 316 g/mol. The van der Waals surface area contributed by atoms with Crippen LogP contribution in [0, 0.1) is 0 Å². The summed E-state index contributed by atoms with van der Waals surface area (Å²) in [5.41, 5.74) is 2.37. The second-order valence-corrected chi connectivity index (χ2v) is 5.42. The highest BCUT2D eigenvalue weighted by atomic mass is 79.9. The van der Waals surface area contributed by atoms with Gasteiger partial charge in [-0.3, -0.25) is 0 Å². The van der Waals surface area contributed by atoms with E-state index in [0.29, 0.717) is 25.7 Å². The summed E-state index contributed by atoms with van der Waals surface area (Å²) in [5, 5.41) is 0. The van der Waals surface area contributed by atoms with Gasteiger partial charge in [0.2, 0.25) is 0 Å². The molecule has 0 saturated carbocycles. The molecule has 2 rings (SSSR count). The van der Waals surface area contributed by atoms with E-state index in [1.807, 2.05) is 0 Å². The Morgan fingerprint density at radius 1 is 1.33 bits per heavy atom. The predicted octanol–water partition coefficient (Wildman–Crippen LogP) is 2.78. The molecule has 1 aromatic rings. The van der Waals surface area contributed by atoms with Gasteiger partial charge >= 0.3 is 0 Å². The summed E-state index contributed by atoms with van der Waals surface area (Å²) < 4.78 is 12.4. The number of benzene rings is 1. The summed E-state index contributed by atoms with van der Waals surface area (Å²) in [6.07, 6.45) is 0.763. The lowest BCUT2D eigenvalue weighted by Gasteiger charge is -2.26. The fourth-order valence-corrected chi connectivity index (χ4v) is 2.82. The van der Waals surface area contributed by atoms with Crippen molar-refractivity contribution in [2.45, 2.75) is 26.2 Å². The molecule has 2 N–H and O–H groups in total. The molecular weight excluding hydrogens is 298 g/mol. The van der Waals surface area contributed by atoms with Gasteiger partial charge in [-0.05, 0) is 39.9 Å². The van der Waals surface area contributed by atoms with Crippen LogP contribution in [0.5, 0.6) is 11.5 Å². The molecule has 0 aliphatic carbocycles. The third-order valence-corrected chi connectivity index (χ3v) is 3.55. The van der Waals surface area contributed by atoms with Gasteiger partial charge in [0.15, 0.2) is 11.5 Å². The Morgan fingerprint density at radius 3 is 2.61 bits per heavy atom. The third kappa shape index (κ3) is 2.63. The molecule has 1 aromatic carbocycles. The average Bonchev–Trinajstić information content (AvgIpc) is 2.36. The van der Waals surface area contributed by atoms with Gasteiger partial charge in [-0.1, -0.05) is 13.8 Å². The molecule has 0 unspecified atom stereocenters. The van der Waals surface area contributed by atoms with Gasteiger partial charge < -0.3 is 14.3 Å². The van der Waals surface area contributed by atoms with Crippen molar-refractivity contribution < 1.29 is 14.3 Å². The van der Waals surface area contributed by atoms with Crippen LogP contribution in [0.4, 0.5) is 0 Å². The lowest BCUT2D eigenvalue weighted by molar-refractivity contribution is 0.140. The van der Waals surface area contributed by atoms with E-state index < -0.39 is 0 Å². The monoisotopic (exact) mass is 315 g/mol. The number of rotatable bonds is 4. The molecule has 100 valence electrons. The standard InChI is InChI=1S/C13H18BrNO3/c1-8(2)11-9(3-4-18-15)7-10(14)12-13(11)17-6-5-16-12/h7-8H,3-6,15H2,1-2H3. The van der Waals surface area contributed by atoms with Gasteiger partial charge in [-0.2, -0.15) is 0 Å². The van der Waals surface area contributed by atoms with Crippen molar-refractivity contribution in [3.05, 3.63) is 21.7 Å². The van der Waals surface area contributed by atoms with Crippen LogP contribution < -0.4 is 15.4 Å². The summed E-state index contributed by atoms with van der Waals surface area (Å²) in [5.74, 6) is 7.14. The maximum Gasteiger partial charge on any atom is 0.175 e. The molecule has 0 fully saturated rings. The summed E-state index contributed by atoms with van der Waals surface area (Å²) in [6, 6.07) is 2.07. The summed E-state index contributed by atoms with van der Waals surface area (Å²) in [7, 11) is 0. The first-order valence-electron chi connectivity index (χ1n) is 6.07. The van der Waals surface area contributed by atoms with E-state index in [0.717, 1.165) is 22.4 Å². The molecule has 4 nitrogen and oxygen atoms in total. The van der Waals surface area contributed by atoms with Gasteiger partial charge in [-0.25, -0.2) is 5.90 Å². The van der Waals surface area contributed by atoms with E-state index in [1.54, 1.807) is 0 Å². The Labute approximate surface area is 115 Å². The van der Waals surface area contributed by atoms with Crippen molar-refractivity contribution in [2.24, 2.45) is 5.90 Å². The van der Waals surface area contributed by atoms with Crippen LogP contribution in [0.3, 0.4) is 0 Å². The van der Waals surface area contributed by atoms with E-state index in [4.69, 9.17) is 15.4 Å². The Kier molecular flexibility index (Phi) is 4.48. The first kappa shape index (κ1) is 13.6. The van der Waals surface area contributed by atoms with E-state index in [9.17, 15) is 0 Å². The van der Waals surface area contributed by atoms with Gasteiger partial charge in [0.25, 0.3) is 0 Å². The molecule has 1 aliphatic rings. The smallest absolute Gasteiger partial charge is 0.175 e. The lowest BCUT2D eigenvalue weighted by Crippen LogP contribution is -2.18. The van der Waals surface area contributed by atoms with E-state index in [1.165, 1.54) is 11.1 Å². The third-order valence-electron chi connectivity index (χ3n) is 2.96. The number of fused-ring (bicyclic) bond motifs is 1. The predicted molar refractivity (Wildman–Crippen MR) is 73.1 cm³/mol. The number of ether oxygens (including phenoxy) is 2. The zero-order valence-electron chi connectivity index (χ0n) is 10.7. The van der Waals surface area contributed by atoms with E-state index in [-0.39, 0.29) is 0 Å². The molecule has 1 aliphatic heterocycles. The van der Waals surface area contributed by atoms with Crippen molar-refractivity contribution in [2.75, 3.05) is 19.8 Å². The first-order valence-corrected chi connectivity index (χ1v) is 6.87. The number of halogens is 1. The minimum Gasteiger partial charge on any atom is -0.486 e. The van der Waals surface area contributed by atoms with Crippen molar-refractivity contribution >= 4 is 15.9 Å². The minimum atomic E-state index is 0.362. The largest absolute Gasteiger partial charge is 0.486 e. The molecule has 5 heteroatoms. The van der Waals surface area contributed by atoms with Crippen molar-refractivity contribution in [3.63, 3.8) is 0 Å². The summed E-state index contributed by atoms with van der Waals surface area (Å²) in [6.45, 7) is 5.97. The molecule has 18 heavy (non-hydrogen) atoms. The maximum atomic E-state index is 5.79. The van der Waals surface area contributed by atoms with Crippen molar-refractivity contribution in [1.82, 2.24) is 0 Å². The molecule has 0 saturated heterocycles. The molecule has 1 heterocycles. The highest BCUT2D eigenvalue weighted by Crippen LogP contribution is 2.45. The van der Waals surface area contributed by atoms with Gasteiger partial charge in [0, 0.05) is 5.56 Å². The van der Waals surface area contributed by atoms with Crippen LogP contribution in [0.25, 0.3) is 0 Å². The van der Waals surface area contributed by atoms with Gasteiger partial charge in [0.1, 0.15) is 13.2 Å². The molecule has 0 atom stereocenters. The second-order valence-electron chi connectivity index (χ2n) is 4.56. The van der Waals surface area contributed by atoms with Crippen LogP contribution in [-0.2, 0) is 11.3 Å². The zero-order chi connectivity index (χ0) is 13.1. The second kappa shape index (κ2) is 5.91. The Balaban J connectivity index is 2.49. The quantitative estimate of drug-likeness (QED) is 0.868. The van der Waals surface area contributed by atoms with Gasteiger partial charge in [0.05, 0.1) is 11.1 Å². The molecule has 0 bridgehead atoms. The molecule has 0 radical (unpaired) electrons. The Bertz CT molecular complexity index is 435. The van der Waals surface area contributed by atoms with E-state index in [2.05, 4.69) is 40.7 Å². The summed E-state index contributed by atoms with van der Waals surface area (Å²) in [4.78, 5) is 4.68. The molecular formula is C13H18BrNO3. The van der Waals surface area contributed by atoms with Crippen LogP contribution in [0.2, 0.25) is 0 Å². The fourth-order valence-electron chi connectivity index (χ4n) is 2.25. The number of hydrogen-bond donors (Lipinski definition) is 1. The highest BCUT2D eigenvalue weighted by Gasteiger charge is 2.24. The lowest BCUT2D eigenvalue weighted by atomic mass is 9.93. The molecule has 0 aromatic heterocycles. The summed E-state index contributed by atoms with van der Waals surface area (Å²) >= 11 is 3.53. The number of nitrogens with two attached hydrogens (primary N) is 1. The molecule has 0 amide bonds. The maximum absolute atomic E-state index is 5.79. The van der Waals surface area contributed by atoms with Crippen molar-refractivity contribution in [1.29, 1.82) is 0 Å². The highest BCUT2D eigenvalue weighted by molar-refractivity contribution is 9.10. The van der Waals surface area contributed by atoms with Crippen LogP contribution in [-0.4, -0.2) is 19.8 Å². The van der Waals surface area contributed by atoms with Crippen LogP contribution in [0.15, 0.2) is 10.5 Å². The number of hydrogen-bond acceptors (Lipinski definition) is 4. The van der Waals surface area contributed by atoms with Crippen LogP contribution >= 0.6 is 15.9 Å². The van der Waals surface area contributed by atoms with E-state index >= 15 is 0 Å². The first-order chi connectivity index (χ1) is 8.65. The molecule has 0 spiro atoms. The topological polar surface area (TPSA) is 53.7 Å².